The largest absolute Gasteiger partial charge is 0.469 e. The van der Waals surface area contributed by atoms with Crippen LogP contribution in [0.2, 0.25) is 0 Å². The summed E-state index contributed by atoms with van der Waals surface area (Å²) in [6, 6.07) is 3.91. The molecular formula is C16H28IN3OS. The van der Waals surface area contributed by atoms with Crippen LogP contribution in [0.4, 0.5) is 0 Å². The Labute approximate surface area is 155 Å². The van der Waals surface area contributed by atoms with Crippen LogP contribution in [0, 0.1) is 0 Å². The zero-order valence-corrected chi connectivity index (χ0v) is 16.5. The van der Waals surface area contributed by atoms with E-state index in [0.29, 0.717) is 0 Å². The van der Waals surface area contributed by atoms with Crippen LogP contribution in [-0.4, -0.2) is 37.1 Å². The highest BCUT2D eigenvalue weighted by Crippen LogP contribution is 2.00. The van der Waals surface area contributed by atoms with Crippen molar-refractivity contribution < 1.29 is 4.42 Å². The number of aliphatic imine (C=N–C) groups is 1. The number of nitrogens with zero attached hydrogens (tertiary/aromatic N) is 1. The minimum Gasteiger partial charge on any atom is -0.469 e. The summed E-state index contributed by atoms with van der Waals surface area (Å²) >= 11 is 1.87. The fourth-order valence-electron chi connectivity index (χ4n) is 1.69. The zero-order valence-electron chi connectivity index (χ0n) is 13.3. The van der Waals surface area contributed by atoms with Crippen molar-refractivity contribution in [3.8, 4) is 0 Å². The van der Waals surface area contributed by atoms with Crippen molar-refractivity contribution in [2.75, 3.05) is 31.1 Å². The van der Waals surface area contributed by atoms with Gasteiger partial charge in [0.15, 0.2) is 5.96 Å². The molecule has 0 saturated heterocycles. The lowest BCUT2D eigenvalue weighted by molar-refractivity contribution is 0.507. The molecule has 22 heavy (non-hydrogen) atoms. The molecule has 0 bridgehead atoms. The predicted octanol–water partition coefficient (Wildman–Crippen LogP) is 3.69. The van der Waals surface area contributed by atoms with Crippen molar-refractivity contribution in [2.24, 2.45) is 4.99 Å². The lowest BCUT2D eigenvalue weighted by atomic mass is 10.3. The molecule has 0 saturated carbocycles. The van der Waals surface area contributed by atoms with Crippen LogP contribution in [0.25, 0.3) is 0 Å². The highest BCUT2D eigenvalue weighted by atomic mass is 127. The van der Waals surface area contributed by atoms with Gasteiger partial charge in [0.25, 0.3) is 0 Å². The Morgan fingerprint density at radius 2 is 2.23 bits per heavy atom. The van der Waals surface area contributed by atoms with Crippen LogP contribution in [-0.2, 0) is 6.42 Å². The normalized spacial score (nSPS) is 10.9. The molecule has 0 amide bonds. The predicted molar refractivity (Wildman–Crippen MR) is 109 cm³/mol. The Morgan fingerprint density at radius 1 is 1.41 bits per heavy atom. The summed E-state index contributed by atoms with van der Waals surface area (Å²) in [6.45, 7) is 8.51. The van der Waals surface area contributed by atoms with Crippen molar-refractivity contribution in [3.63, 3.8) is 0 Å². The van der Waals surface area contributed by atoms with Crippen molar-refractivity contribution in [3.05, 3.63) is 36.8 Å². The van der Waals surface area contributed by atoms with Crippen LogP contribution < -0.4 is 10.6 Å². The lowest BCUT2D eigenvalue weighted by Gasteiger charge is -2.12. The molecule has 0 aliphatic heterocycles. The molecule has 0 aliphatic rings. The Balaban J connectivity index is 0.00000441. The molecule has 0 spiro atoms. The number of nitrogens with one attached hydrogen (secondary N) is 2. The quantitative estimate of drug-likeness (QED) is 0.182. The van der Waals surface area contributed by atoms with Gasteiger partial charge in [0.05, 0.1) is 6.26 Å². The van der Waals surface area contributed by atoms with Crippen molar-refractivity contribution in [1.82, 2.24) is 10.6 Å². The van der Waals surface area contributed by atoms with Crippen LogP contribution in [0.5, 0.6) is 0 Å². The fourth-order valence-corrected chi connectivity index (χ4v) is 2.27. The van der Waals surface area contributed by atoms with E-state index < -0.39 is 0 Å². The SMILES string of the molecule is C=CCSCCNC(=NCCCC)NCCc1ccco1.I. The Kier molecular flexibility index (Phi) is 14.8. The fraction of sp³-hybridized carbons (Fsp3) is 0.562. The molecular weight excluding hydrogens is 409 g/mol. The first-order valence-corrected chi connectivity index (χ1v) is 8.75. The summed E-state index contributed by atoms with van der Waals surface area (Å²) in [7, 11) is 0. The number of guanidine groups is 1. The van der Waals surface area contributed by atoms with Crippen molar-refractivity contribution >= 4 is 41.7 Å². The van der Waals surface area contributed by atoms with E-state index in [1.54, 1.807) is 6.26 Å². The molecule has 1 heterocycles. The number of unbranched alkanes of at least 4 members (excludes halogenated alkanes) is 1. The molecule has 0 atom stereocenters. The van der Waals surface area contributed by atoms with Gasteiger partial charge < -0.3 is 15.1 Å². The molecule has 1 aromatic rings. The summed E-state index contributed by atoms with van der Waals surface area (Å²) in [5, 5.41) is 6.73. The highest BCUT2D eigenvalue weighted by Gasteiger charge is 2.00. The summed E-state index contributed by atoms with van der Waals surface area (Å²) < 4.78 is 5.33. The minimum absolute atomic E-state index is 0. The first-order valence-electron chi connectivity index (χ1n) is 7.60. The van der Waals surface area contributed by atoms with Crippen LogP contribution in [0.3, 0.4) is 0 Å². The monoisotopic (exact) mass is 437 g/mol. The molecule has 1 aromatic heterocycles. The molecule has 4 nitrogen and oxygen atoms in total. The second-order valence-electron chi connectivity index (χ2n) is 4.63. The standard InChI is InChI=1S/C16H27N3OS.HI/c1-3-5-9-17-16(19-11-14-21-13-4-2)18-10-8-15-7-6-12-20-15;/h4,6-7,12H,2-3,5,8-11,13-14H2,1H3,(H2,17,18,19);1H. The zero-order chi connectivity index (χ0) is 15.2. The van der Waals surface area contributed by atoms with Gasteiger partial charge in [-0.2, -0.15) is 11.8 Å². The van der Waals surface area contributed by atoms with E-state index in [2.05, 4.69) is 29.1 Å². The smallest absolute Gasteiger partial charge is 0.191 e. The molecule has 2 N–H and O–H groups in total. The first kappa shape index (κ1) is 21.4. The molecule has 0 unspecified atom stereocenters. The van der Waals surface area contributed by atoms with Crippen LogP contribution in [0.1, 0.15) is 25.5 Å². The number of thioether (sulfide) groups is 1. The van der Waals surface area contributed by atoms with E-state index in [1.165, 1.54) is 6.42 Å². The first-order chi connectivity index (χ1) is 10.4. The third-order valence-corrected chi connectivity index (χ3v) is 3.76. The van der Waals surface area contributed by atoms with Gasteiger partial charge in [0.1, 0.15) is 5.76 Å². The van der Waals surface area contributed by atoms with Gasteiger partial charge in [-0.05, 0) is 18.6 Å². The maximum Gasteiger partial charge on any atom is 0.191 e. The minimum atomic E-state index is 0. The van der Waals surface area contributed by atoms with E-state index in [4.69, 9.17) is 4.42 Å². The summed E-state index contributed by atoms with van der Waals surface area (Å²) in [6.07, 6.45) is 6.80. The highest BCUT2D eigenvalue weighted by molar-refractivity contribution is 14.0. The molecule has 0 fully saturated rings. The maximum absolute atomic E-state index is 5.33. The van der Waals surface area contributed by atoms with Gasteiger partial charge in [-0.15, -0.1) is 30.6 Å². The average Bonchev–Trinajstić information content (AvgIpc) is 3.00. The Bertz CT molecular complexity index is 396. The van der Waals surface area contributed by atoms with Gasteiger partial charge >= 0.3 is 0 Å². The van der Waals surface area contributed by atoms with Gasteiger partial charge in [-0.25, -0.2) is 0 Å². The average molecular weight is 437 g/mol. The molecule has 6 heteroatoms. The van der Waals surface area contributed by atoms with Crippen LogP contribution >= 0.6 is 35.7 Å². The Morgan fingerprint density at radius 3 is 2.91 bits per heavy atom. The summed E-state index contributed by atoms with van der Waals surface area (Å²) in [5.41, 5.74) is 0. The van der Waals surface area contributed by atoms with Crippen molar-refractivity contribution in [2.45, 2.75) is 26.2 Å². The van der Waals surface area contributed by atoms with E-state index in [1.807, 2.05) is 30.0 Å². The van der Waals surface area contributed by atoms with Gasteiger partial charge in [0, 0.05) is 37.6 Å². The summed E-state index contributed by atoms with van der Waals surface area (Å²) in [4.78, 5) is 4.58. The number of halogens is 1. The molecule has 126 valence electrons. The molecule has 0 aromatic carbocycles. The third-order valence-electron chi connectivity index (χ3n) is 2.80. The number of rotatable bonds is 11. The lowest BCUT2D eigenvalue weighted by Crippen LogP contribution is -2.39. The second kappa shape index (κ2) is 15.3. The molecule has 0 aliphatic carbocycles. The van der Waals surface area contributed by atoms with Crippen molar-refractivity contribution in [1.29, 1.82) is 0 Å². The van der Waals surface area contributed by atoms with Gasteiger partial charge in [0.2, 0.25) is 0 Å². The molecule has 0 radical (unpaired) electrons. The Hall–Kier alpha value is -0.630. The third kappa shape index (κ3) is 11.0. The topological polar surface area (TPSA) is 49.6 Å². The second-order valence-corrected chi connectivity index (χ2v) is 5.78. The van der Waals surface area contributed by atoms with E-state index in [9.17, 15) is 0 Å². The van der Waals surface area contributed by atoms with Crippen LogP contribution in [0.15, 0.2) is 40.5 Å². The van der Waals surface area contributed by atoms with E-state index in [-0.39, 0.29) is 24.0 Å². The molecule has 1 rings (SSSR count). The summed E-state index contributed by atoms with van der Waals surface area (Å²) in [5.74, 6) is 3.94. The maximum atomic E-state index is 5.33. The number of furan rings is 1. The van der Waals surface area contributed by atoms with E-state index in [0.717, 1.165) is 55.7 Å². The number of hydrogen-bond acceptors (Lipinski definition) is 3. The van der Waals surface area contributed by atoms with Gasteiger partial charge in [-0.3, -0.25) is 4.99 Å². The van der Waals surface area contributed by atoms with E-state index >= 15 is 0 Å². The van der Waals surface area contributed by atoms with Gasteiger partial charge in [-0.1, -0.05) is 19.4 Å². The number of hydrogen-bond donors (Lipinski definition) is 2.